The zero-order chi connectivity index (χ0) is 55.7. The normalized spacial score (nSPS) is 12.0. The van der Waals surface area contributed by atoms with Gasteiger partial charge in [0.25, 0.3) is 0 Å². The first-order valence-corrected chi connectivity index (χ1v) is 28.7. The fraction of sp³-hybridized carbons (Fsp3) is 0. The van der Waals surface area contributed by atoms with Crippen LogP contribution in [0.4, 0.5) is 34.1 Å². The van der Waals surface area contributed by atoms with Crippen molar-refractivity contribution < 1.29 is 17.7 Å². The van der Waals surface area contributed by atoms with Gasteiger partial charge >= 0.3 is 0 Å². The third-order valence-corrected chi connectivity index (χ3v) is 17.1. The second-order valence-corrected chi connectivity index (χ2v) is 21.9. The molecule has 0 N–H and O–H groups in total. The highest BCUT2D eigenvalue weighted by molar-refractivity contribution is 6.19. The zero-order valence-corrected chi connectivity index (χ0v) is 45.6. The Balaban J connectivity index is 1.01. The first kappa shape index (κ1) is 47.1. The van der Waals surface area contributed by atoms with E-state index in [4.69, 9.17) is 17.7 Å². The number of rotatable bonds is 9. The molecule has 0 aliphatic carbocycles. The zero-order valence-electron chi connectivity index (χ0n) is 45.6. The molecule has 13 aromatic carbocycles. The van der Waals surface area contributed by atoms with Crippen LogP contribution in [0.15, 0.2) is 303 Å². The maximum Gasteiger partial charge on any atom is 0.138 e. The highest BCUT2D eigenvalue weighted by Gasteiger charge is 2.29. The predicted octanol–water partition coefficient (Wildman–Crippen LogP) is 22.7. The van der Waals surface area contributed by atoms with Crippen molar-refractivity contribution in [3.05, 3.63) is 285 Å². The number of nitrogens with zero attached hydrogens (tertiary/aromatic N) is 3. The van der Waals surface area contributed by atoms with Crippen LogP contribution in [0, 0.1) is 0 Å². The monoisotopic (exact) mass is 1090 g/mol. The van der Waals surface area contributed by atoms with Gasteiger partial charge in [0.2, 0.25) is 0 Å². The molecule has 0 aliphatic heterocycles. The summed E-state index contributed by atoms with van der Waals surface area (Å²) in [7, 11) is 0. The largest absolute Gasteiger partial charge is 0.456 e. The molecule has 0 radical (unpaired) electrons. The summed E-state index contributed by atoms with van der Waals surface area (Å²) in [5.74, 6) is 0. The van der Waals surface area contributed by atoms with Crippen molar-refractivity contribution in [2.75, 3.05) is 9.80 Å². The molecule has 18 aromatic rings. The molecule has 0 spiro atoms. The number of aromatic nitrogens is 1. The van der Waals surface area contributed by atoms with Gasteiger partial charge < -0.3 is 32.0 Å². The van der Waals surface area contributed by atoms with Gasteiger partial charge in [0, 0.05) is 55.2 Å². The third-order valence-electron chi connectivity index (χ3n) is 17.1. The quantitative estimate of drug-likeness (QED) is 0.144. The van der Waals surface area contributed by atoms with Crippen LogP contribution < -0.4 is 9.80 Å². The lowest BCUT2D eigenvalue weighted by atomic mass is 9.97. The molecule has 0 bridgehead atoms. The predicted molar refractivity (Wildman–Crippen MR) is 350 cm³/mol. The Hall–Kier alpha value is -11.5. The molecule has 398 valence electrons. The van der Waals surface area contributed by atoms with Gasteiger partial charge in [-0.05, 0) is 113 Å². The first-order chi connectivity index (χ1) is 42.1. The molecule has 0 atom stereocenters. The van der Waals surface area contributed by atoms with E-state index in [1.54, 1.807) is 0 Å². The molecule has 5 heterocycles. The topological polar surface area (TPSA) is 64.0 Å². The van der Waals surface area contributed by atoms with Crippen LogP contribution in [0.1, 0.15) is 0 Å². The van der Waals surface area contributed by atoms with Crippen molar-refractivity contribution in [2.45, 2.75) is 0 Å². The Morgan fingerprint density at radius 1 is 0.235 bits per heavy atom. The van der Waals surface area contributed by atoms with Crippen molar-refractivity contribution in [3.8, 4) is 27.9 Å². The van der Waals surface area contributed by atoms with E-state index in [0.29, 0.717) is 0 Å². The molecule has 0 unspecified atom stereocenters. The molecule has 5 aromatic heterocycles. The van der Waals surface area contributed by atoms with E-state index in [1.165, 1.54) is 0 Å². The Bertz CT molecular complexity index is 5360. The van der Waals surface area contributed by atoms with Crippen molar-refractivity contribution in [1.82, 2.24) is 4.57 Å². The van der Waals surface area contributed by atoms with Crippen LogP contribution in [-0.2, 0) is 0 Å². The molecule has 7 nitrogen and oxygen atoms in total. The number of fused-ring (bicyclic) bond motifs is 15. The fourth-order valence-electron chi connectivity index (χ4n) is 13.5. The van der Waals surface area contributed by atoms with Gasteiger partial charge in [0.1, 0.15) is 44.7 Å². The molecule has 0 amide bonds. The highest BCUT2D eigenvalue weighted by atomic mass is 16.3. The molecule has 85 heavy (non-hydrogen) atoms. The van der Waals surface area contributed by atoms with Crippen molar-refractivity contribution in [3.63, 3.8) is 0 Å². The van der Waals surface area contributed by atoms with Crippen molar-refractivity contribution >= 4 is 144 Å². The number of hydrogen-bond donors (Lipinski definition) is 0. The van der Waals surface area contributed by atoms with Crippen LogP contribution in [0.3, 0.4) is 0 Å². The summed E-state index contributed by atoms with van der Waals surface area (Å²) in [6, 6.07) is 101. The Morgan fingerprint density at radius 2 is 0.565 bits per heavy atom. The average molecular weight is 1090 g/mol. The van der Waals surface area contributed by atoms with Gasteiger partial charge in [0.05, 0.1) is 61.6 Å². The minimum Gasteiger partial charge on any atom is -0.456 e. The average Bonchev–Trinajstić information content (AvgIpc) is 3.09. The molecule has 0 aliphatic rings. The molecular weight excluding hydrogens is 1040 g/mol. The summed E-state index contributed by atoms with van der Waals surface area (Å²) < 4.78 is 29.9. The van der Waals surface area contributed by atoms with Gasteiger partial charge in [-0.3, -0.25) is 0 Å². The number of furan rings is 4. The van der Waals surface area contributed by atoms with Crippen LogP contribution >= 0.6 is 0 Å². The van der Waals surface area contributed by atoms with E-state index in [-0.39, 0.29) is 0 Å². The molecular formula is C78H47N3O4. The van der Waals surface area contributed by atoms with Gasteiger partial charge in [-0.2, -0.15) is 0 Å². The van der Waals surface area contributed by atoms with Crippen molar-refractivity contribution in [2.24, 2.45) is 0 Å². The Kier molecular flexibility index (Phi) is 10.3. The lowest BCUT2D eigenvalue weighted by Gasteiger charge is -2.31. The Labute approximate surface area is 486 Å². The molecule has 7 heteroatoms. The van der Waals surface area contributed by atoms with E-state index in [0.717, 1.165) is 172 Å². The molecule has 0 fully saturated rings. The molecule has 0 saturated heterocycles. The molecule has 18 rings (SSSR count). The minimum absolute atomic E-state index is 0.776. The van der Waals surface area contributed by atoms with Gasteiger partial charge in [-0.15, -0.1) is 0 Å². The maximum atomic E-state index is 6.97. The van der Waals surface area contributed by atoms with Crippen molar-refractivity contribution in [1.29, 1.82) is 0 Å². The summed E-state index contributed by atoms with van der Waals surface area (Å²) in [4.78, 5) is 4.82. The lowest BCUT2D eigenvalue weighted by molar-refractivity contribution is 0.668. The van der Waals surface area contributed by atoms with E-state index < -0.39 is 0 Å². The van der Waals surface area contributed by atoms with Gasteiger partial charge in [-0.25, -0.2) is 0 Å². The van der Waals surface area contributed by atoms with Crippen LogP contribution in [0.2, 0.25) is 0 Å². The number of benzene rings is 13. The highest BCUT2D eigenvalue weighted by Crippen LogP contribution is 2.52. The Morgan fingerprint density at radius 3 is 0.988 bits per heavy atom. The summed E-state index contributed by atoms with van der Waals surface area (Å²) in [6.07, 6.45) is 0. The fourth-order valence-corrected chi connectivity index (χ4v) is 13.5. The summed E-state index contributed by atoms with van der Waals surface area (Å²) >= 11 is 0. The van der Waals surface area contributed by atoms with E-state index >= 15 is 0 Å². The van der Waals surface area contributed by atoms with Crippen LogP contribution in [-0.4, -0.2) is 4.57 Å². The second kappa shape index (κ2) is 18.5. The summed E-state index contributed by atoms with van der Waals surface area (Å²) in [5, 5.41) is 10.5. The number of hydrogen-bond acceptors (Lipinski definition) is 6. The van der Waals surface area contributed by atoms with E-state index in [2.05, 4.69) is 275 Å². The minimum atomic E-state index is 0.776. The van der Waals surface area contributed by atoms with Gasteiger partial charge in [-0.1, -0.05) is 182 Å². The van der Waals surface area contributed by atoms with Gasteiger partial charge in [0.15, 0.2) is 0 Å². The first-order valence-electron chi connectivity index (χ1n) is 28.7. The molecule has 0 saturated carbocycles. The lowest BCUT2D eigenvalue weighted by Crippen LogP contribution is -2.15. The maximum absolute atomic E-state index is 6.97. The standard InChI is InChI=1S/C78H47N3O4/c1-3-21-48(22-4-1)61-44-53(46-73-75(61)57-27-9-15-35-67(57)84-73)79(65-33-19-39-71-77(65)59-29-11-17-37-69(59)82-71)50-41-51(43-52(42-50)81-63-31-13-7-25-55(63)56-26-8-14-32-64(56)81)80(66-34-20-40-72-78(66)60-30-12-18-38-70(60)83-72)54-45-62(49-23-5-2-6-24-49)76-58-28-10-16-36-68(58)85-74(76)47-54/h1-47H. The van der Waals surface area contributed by atoms with E-state index in [1.807, 2.05) is 24.3 Å². The SMILES string of the molecule is c1ccc(-c2cc(N(c3cc(N(c4cc(-c5ccccc5)c5c(c4)oc4ccccc45)c4cccc5oc6ccccc6c45)cc(-n4c5ccccc5c5ccccc54)c3)c3cccc4oc5ccccc5c34)cc3oc4ccccc4c23)cc1. The smallest absolute Gasteiger partial charge is 0.138 e. The number of para-hydroxylation sites is 6. The third kappa shape index (κ3) is 7.27. The van der Waals surface area contributed by atoms with E-state index in [9.17, 15) is 0 Å². The second-order valence-electron chi connectivity index (χ2n) is 21.9. The summed E-state index contributed by atoms with van der Waals surface area (Å²) in [5.41, 5.74) is 19.2. The van der Waals surface area contributed by atoms with Crippen LogP contribution in [0.25, 0.3) is 138 Å². The van der Waals surface area contributed by atoms with Crippen LogP contribution in [0.5, 0.6) is 0 Å². The summed E-state index contributed by atoms with van der Waals surface area (Å²) in [6.45, 7) is 0. The number of anilines is 6.